The number of carbonyl (C=O) groups is 1. The topological polar surface area (TPSA) is 32.3 Å². The number of urea groups is 1. The summed E-state index contributed by atoms with van der Waals surface area (Å²) in [6.45, 7) is 2.98. The van der Waals surface area contributed by atoms with Gasteiger partial charge in [0.25, 0.3) is 0 Å². The molecule has 2 rings (SSSR count). The Bertz CT molecular complexity index is 479. The normalized spacial score (nSPS) is 15.7. The second kappa shape index (κ2) is 5.11. The van der Waals surface area contributed by atoms with Crippen molar-refractivity contribution in [1.29, 1.82) is 0 Å². The fraction of sp³-hybridized carbons (Fsp3) is 0.462. The highest BCUT2D eigenvalue weighted by atomic mass is 19.4. The monoisotopic (exact) mass is 272 g/mol. The number of benzene rings is 1. The first kappa shape index (κ1) is 13.7. The number of anilines is 1. The number of halogens is 3. The zero-order valence-electron chi connectivity index (χ0n) is 10.5. The summed E-state index contributed by atoms with van der Waals surface area (Å²) in [6, 6.07) is 3.02. The molecule has 3 nitrogen and oxygen atoms in total. The Morgan fingerprint density at radius 2 is 1.89 bits per heavy atom. The van der Waals surface area contributed by atoms with Gasteiger partial charge in [-0.3, -0.25) is 0 Å². The quantitative estimate of drug-likeness (QED) is 0.831. The van der Waals surface area contributed by atoms with Crippen LogP contribution >= 0.6 is 0 Å². The zero-order valence-corrected chi connectivity index (χ0v) is 10.5. The van der Waals surface area contributed by atoms with E-state index in [0.29, 0.717) is 18.7 Å². The summed E-state index contributed by atoms with van der Waals surface area (Å²) in [6.07, 6.45) is -2.52. The molecule has 1 fully saturated rings. The largest absolute Gasteiger partial charge is 0.416 e. The third kappa shape index (κ3) is 3.19. The first-order valence-corrected chi connectivity index (χ1v) is 6.12. The van der Waals surface area contributed by atoms with E-state index in [1.54, 1.807) is 11.8 Å². The fourth-order valence-corrected chi connectivity index (χ4v) is 2.05. The molecule has 1 aliphatic rings. The molecule has 1 aromatic carbocycles. The molecule has 1 saturated heterocycles. The van der Waals surface area contributed by atoms with Crippen molar-refractivity contribution in [1.82, 2.24) is 4.90 Å². The average molecular weight is 272 g/mol. The van der Waals surface area contributed by atoms with Gasteiger partial charge in [0.2, 0.25) is 0 Å². The standard InChI is InChI=1S/C13H15F3N2O/c1-9-4-5-10(13(14,15)16)8-11(9)17-12(19)18-6-2-3-7-18/h4-5,8H,2-3,6-7H2,1H3,(H,17,19). The maximum absolute atomic E-state index is 12.6. The number of hydrogen-bond acceptors (Lipinski definition) is 1. The highest BCUT2D eigenvalue weighted by Crippen LogP contribution is 2.32. The van der Waals surface area contributed by atoms with Crippen LogP contribution in [0.2, 0.25) is 0 Å². The maximum atomic E-state index is 12.6. The molecule has 0 aliphatic carbocycles. The third-order valence-corrected chi connectivity index (χ3v) is 3.20. The molecule has 1 aliphatic heterocycles. The van der Waals surface area contributed by atoms with E-state index >= 15 is 0 Å². The van der Waals surface area contributed by atoms with Crippen LogP contribution in [0.1, 0.15) is 24.0 Å². The van der Waals surface area contributed by atoms with Crippen molar-refractivity contribution >= 4 is 11.7 Å². The Hall–Kier alpha value is -1.72. The number of amides is 2. The number of hydrogen-bond donors (Lipinski definition) is 1. The van der Waals surface area contributed by atoms with Gasteiger partial charge < -0.3 is 10.2 Å². The van der Waals surface area contributed by atoms with Crippen molar-refractivity contribution in [2.24, 2.45) is 0 Å². The van der Waals surface area contributed by atoms with Crippen LogP contribution in [0.4, 0.5) is 23.7 Å². The maximum Gasteiger partial charge on any atom is 0.416 e. The molecule has 1 heterocycles. The highest BCUT2D eigenvalue weighted by Gasteiger charge is 2.31. The molecule has 0 radical (unpaired) electrons. The summed E-state index contributed by atoms with van der Waals surface area (Å²) in [5.41, 5.74) is 0.0714. The summed E-state index contributed by atoms with van der Waals surface area (Å²) in [5, 5.41) is 2.55. The lowest BCUT2D eigenvalue weighted by molar-refractivity contribution is -0.137. The summed E-state index contributed by atoms with van der Waals surface area (Å²) < 4.78 is 37.8. The number of alkyl halides is 3. The van der Waals surface area contributed by atoms with E-state index in [1.807, 2.05) is 0 Å². The average Bonchev–Trinajstić information content (AvgIpc) is 2.84. The molecule has 6 heteroatoms. The molecule has 1 aromatic rings. The number of aryl methyl sites for hydroxylation is 1. The van der Waals surface area contributed by atoms with E-state index in [2.05, 4.69) is 5.32 Å². The second-order valence-electron chi connectivity index (χ2n) is 4.65. The summed E-state index contributed by atoms with van der Waals surface area (Å²) in [5.74, 6) is 0. The van der Waals surface area contributed by atoms with Gasteiger partial charge in [-0.15, -0.1) is 0 Å². The molecule has 2 amide bonds. The predicted octanol–water partition coefficient (Wildman–Crippen LogP) is 3.64. The summed E-state index contributed by atoms with van der Waals surface area (Å²) >= 11 is 0. The fourth-order valence-electron chi connectivity index (χ4n) is 2.05. The first-order valence-electron chi connectivity index (χ1n) is 6.12. The lowest BCUT2D eigenvalue weighted by atomic mass is 10.1. The van der Waals surface area contributed by atoms with E-state index in [-0.39, 0.29) is 11.7 Å². The molecule has 0 unspecified atom stereocenters. The SMILES string of the molecule is Cc1ccc(C(F)(F)F)cc1NC(=O)N1CCCC1. The Morgan fingerprint density at radius 1 is 1.26 bits per heavy atom. The van der Waals surface area contributed by atoms with Gasteiger partial charge in [0, 0.05) is 18.8 Å². The van der Waals surface area contributed by atoms with Gasteiger partial charge >= 0.3 is 12.2 Å². The van der Waals surface area contributed by atoms with E-state index in [0.717, 1.165) is 25.0 Å². The van der Waals surface area contributed by atoms with Crippen molar-refractivity contribution in [3.05, 3.63) is 29.3 Å². The number of nitrogens with one attached hydrogen (secondary N) is 1. The van der Waals surface area contributed by atoms with Gasteiger partial charge in [-0.05, 0) is 37.5 Å². The zero-order chi connectivity index (χ0) is 14.0. The lowest BCUT2D eigenvalue weighted by Crippen LogP contribution is -2.32. The van der Waals surface area contributed by atoms with Crippen LogP contribution in [0.15, 0.2) is 18.2 Å². The van der Waals surface area contributed by atoms with Crippen molar-refractivity contribution < 1.29 is 18.0 Å². The van der Waals surface area contributed by atoms with E-state index in [4.69, 9.17) is 0 Å². The third-order valence-electron chi connectivity index (χ3n) is 3.20. The predicted molar refractivity (Wildman–Crippen MR) is 66.0 cm³/mol. The highest BCUT2D eigenvalue weighted by molar-refractivity contribution is 5.90. The van der Waals surface area contributed by atoms with Crippen molar-refractivity contribution in [2.75, 3.05) is 18.4 Å². The van der Waals surface area contributed by atoms with Crippen molar-refractivity contribution in [3.63, 3.8) is 0 Å². The van der Waals surface area contributed by atoms with Crippen LogP contribution in [-0.4, -0.2) is 24.0 Å². The minimum Gasteiger partial charge on any atom is -0.325 e. The van der Waals surface area contributed by atoms with Gasteiger partial charge in [-0.2, -0.15) is 13.2 Å². The Labute approximate surface area is 109 Å². The van der Waals surface area contributed by atoms with Crippen molar-refractivity contribution in [2.45, 2.75) is 25.9 Å². The molecular formula is C13H15F3N2O. The van der Waals surface area contributed by atoms with Crippen LogP contribution in [-0.2, 0) is 6.18 Å². The molecule has 104 valence electrons. The Kier molecular flexibility index (Phi) is 3.68. The lowest BCUT2D eigenvalue weighted by Gasteiger charge is -2.18. The van der Waals surface area contributed by atoms with Crippen LogP contribution < -0.4 is 5.32 Å². The van der Waals surface area contributed by atoms with Gasteiger partial charge in [0.05, 0.1) is 5.56 Å². The minimum absolute atomic E-state index is 0.215. The van der Waals surface area contributed by atoms with Crippen LogP contribution in [0.5, 0.6) is 0 Å². The molecule has 1 N–H and O–H groups in total. The molecule has 0 saturated carbocycles. The number of rotatable bonds is 1. The second-order valence-corrected chi connectivity index (χ2v) is 4.65. The Morgan fingerprint density at radius 3 is 2.47 bits per heavy atom. The van der Waals surface area contributed by atoms with Crippen LogP contribution in [0.25, 0.3) is 0 Å². The molecule has 0 spiro atoms. The number of carbonyl (C=O) groups excluding carboxylic acids is 1. The van der Waals surface area contributed by atoms with Crippen LogP contribution in [0, 0.1) is 6.92 Å². The van der Waals surface area contributed by atoms with Crippen LogP contribution in [0.3, 0.4) is 0 Å². The smallest absolute Gasteiger partial charge is 0.325 e. The summed E-state index contributed by atoms with van der Waals surface area (Å²) in [4.78, 5) is 13.5. The molecule has 0 aromatic heterocycles. The minimum atomic E-state index is -4.40. The van der Waals surface area contributed by atoms with Gasteiger partial charge in [0.1, 0.15) is 0 Å². The van der Waals surface area contributed by atoms with E-state index in [9.17, 15) is 18.0 Å². The van der Waals surface area contributed by atoms with Gasteiger partial charge in [-0.1, -0.05) is 6.07 Å². The molecule has 0 bridgehead atoms. The molecule has 19 heavy (non-hydrogen) atoms. The Balaban J connectivity index is 2.17. The van der Waals surface area contributed by atoms with Gasteiger partial charge in [-0.25, -0.2) is 4.79 Å². The molecule has 0 atom stereocenters. The number of nitrogens with zero attached hydrogens (tertiary/aromatic N) is 1. The van der Waals surface area contributed by atoms with E-state index in [1.165, 1.54) is 6.07 Å². The first-order chi connectivity index (χ1) is 8.88. The summed E-state index contributed by atoms with van der Waals surface area (Å²) in [7, 11) is 0. The van der Waals surface area contributed by atoms with Crippen molar-refractivity contribution in [3.8, 4) is 0 Å². The van der Waals surface area contributed by atoms with Gasteiger partial charge in [0.15, 0.2) is 0 Å². The molecular weight excluding hydrogens is 257 g/mol. The number of likely N-dealkylation sites (tertiary alicyclic amines) is 1. The van der Waals surface area contributed by atoms with E-state index < -0.39 is 11.7 Å².